The summed E-state index contributed by atoms with van der Waals surface area (Å²) >= 11 is 1.54. The van der Waals surface area contributed by atoms with Gasteiger partial charge in [-0.2, -0.15) is 0 Å². The van der Waals surface area contributed by atoms with E-state index >= 15 is 0 Å². The smallest absolute Gasteiger partial charge is 0.304 e. The van der Waals surface area contributed by atoms with E-state index in [4.69, 9.17) is 5.11 Å². The first-order valence-corrected chi connectivity index (χ1v) is 9.87. The van der Waals surface area contributed by atoms with Crippen molar-refractivity contribution in [3.63, 3.8) is 0 Å². The van der Waals surface area contributed by atoms with Crippen LogP contribution in [0.1, 0.15) is 45.6 Å². The SMILES string of the molecule is Cl.O=C(O)CCN1CCC(=C2c3ccccc3CC(=O)c3sccc32)CC1. The van der Waals surface area contributed by atoms with Crippen LogP contribution in [-0.2, 0) is 11.2 Å². The monoisotopic (exact) mass is 403 g/mol. The number of rotatable bonds is 3. The minimum Gasteiger partial charge on any atom is -0.481 e. The standard InChI is InChI=1S/C21H21NO3S.ClH/c23-18-13-15-3-1-2-4-16(15)20(17-8-12-26-21(17)18)14-5-9-22(10-6-14)11-7-19(24)25;/h1-4,8,12H,5-7,9-11,13H2,(H,24,25);1H. The van der Waals surface area contributed by atoms with Gasteiger partial charge in [0.2, 0.25) is 0 Å². The third-order valence-corrected chi connectivity index (χ3v) is 6.24. The quantitative estimate of drug-likeness (QED) is 0.830. The van der Waals surface area contributed by atoms with Crippen LogP contribution in [0, 0.1) is 0 Å². The summed E-state index contributed by atoms with van der Waals surface area (Å²) in [6.07, 6.45) is 2.50. The molecule has 2 aliphatic rings. The number of thiophene rings is 1. The number of nitrogens with zero attached hydrogens (tertiary/aromatic N) is 1. The Morgan fingerprint density at radius 3 is 2.59 bits per heavy atom. The topological polar surface area (TPSA) is 57.6 Å². The molecule has 1 aromatic carbocycles. The number of benzene rings is 1. The molecule has 0 spiro atoms. The average Bonchev–Trinajstić information content (AvgIpc) is 3.08. The highest BCUT2D eigenvalue weighted by atomic mass is 35.5. The van der Waals surface area contributed by atoms with Crippen molar-refractivity contribution in [1.29, 1.82) is 0 Å². The molecule has 1 aliphatic heterocycles. The van der Waals surface area contributed by atoms with Crippen LogP contribution in [0.25, 0.3) is 5.57 Å². The number of likely N-dealkylation sites (tertiary alicyclic amines) is 1. The van der Waals surface area contributed by atoms with Crippen molar-refractivity contribution in [2.45, 2.75) is 25.7 Å². The highest BCUT2D eigenvalue weighted by Gasteiger charge is 2.27. The molecule has 1 N–H and O–H groups in total. The number of piperidine rings is 1. The molecule has 27 heavy (non-hydrogen) atoms. The van der Waals surface area contributed by atoms with Crippen molar-refractivity contribution in [2.24, 2.45) is 0 Å². The number of carbonyl (C=O) groups is 2. The van der Waals surface area contributed by atoms with Gasteiger partial charge in [0.15, 0.2) is 5.78 Å². The highest BCUT2D eigenvalue weighted by Crippen LogP contribution is 2.40. The van der Waals surface area contributed by atoms with Crippen molar-refractivity contribution in [1.82, 2.24) is 4.90 Å². The Morgan fingerprint density at radius 1 is 1.11 bits per heavy atom. The van der Waals surface area contributed by atoms with E-state index < -0.39 is 5.97 Å². The van der Waals surface area contributed by atoms with E-state index in [9.17, 15) is 9.59 Å². The number of hydrogen-bond acceptors (Lipinski definition) is 4. The van der Waals surface area contributed by atoms with Gasteiger partial charge in [0.1, 0.15) is 0 Å². The van der Waals surface area contributed by atoms with Gasteiger partial charge < -0.3 is 10.0 Å². The zero-order valence-corrected chi connectivity index (χ0v) is 16.6. The lowest BCUT2D eigenvalue weighted by molar-refractivity contribution is -0.137. The zero-order valence-electron chi connectivity index (χ0n) is 14.9. The van der Waals surface area contributed by atoms with Crippen LogP contribution in [0.15, 0.2) is 41.3 Å². The molecular formula is C21H22ClNO3S. The second-order valence-electron chi connectivity index (χ2n) is 6.88. The fourth-order valence-electron chi connectivity index (χ4n) is 3.97. The second kappa shape index (κ2) is 8.38. The third-order valence-electron chi connectivity index (χ3n) is 5.28. The van der Waals surface area contributed by atoms with Crippen LogP contribution in [0.5, 0.6) is 0 Å². The van der Waals surface area contributed by atoms with Crippen LogP contribution >= 0.6 is 23.7 Å². The number of fused-ring (bicyclic) bond motifs is 2. The number of carboxylic acids is 1. The summed E-state index contributed by atoms with van der Waals surface area (Å²) < 4.78 is 0. The van der Waals surface area contributed by atoms with Crippen LogP contribution in [0.2, 0.25) is 0 Å². The number of ketones is 1. The van der Waals surface area contributed by atoms with E-state index in [1.54, 1.807) is 0 Å². The summed E-state index contributed by atoms with van der Waals surface area (Å²) in [6.45, 7) is 2.36. The summed E-state index contributed by atoms with van der Waals surface area (Å²) in [5.74, 6) is -0.537. The van der Waals surface area contributed by atoms with Crippen molar-refractivity contribution in [2.75, 3.05) is 19.6 Å². The first kappa shape index (κ1) is 19.8. The molecule has 0 unspecified atom stereocenters. The Hall–Kier alpha value is -1.95. The lowest BCUT2D eigenvalue weighted by Gasteiger charge is -2.29. The van der Waals surface area contributed by atoms with Gasteiger partial charge in [-0.1, -0.05) is 29.8 Å². The summed E-state index contributed by atoms with van der Waals surface area (Å²) in [6, 6.07) is 10.3. The van der Waals surface area contributed by atoms with Crippen LogP contribution in [0.4, 0.5) is 0 Å². The molecule has 2 aromatic rings. The van der Waals surface area contributed by atoms with Crippen LogP contribution in [-0.4, -0.2) is 41.4 Å². The van der Waals surface area contributed by atoms with Crippen molar-refractivity contribution in [3.05, 3.63) is 62.9 Å². The molecule has 6 heteroatoms. The van der Waals surface area contributed by atoms with E-state index in [-0.39, 0.29) is 24.6 Å². The van der Waals surface area contributed by atoms with Crippen molar-refractivity contribution in [3.8, 4) is 0 Å². The number of aliphatic carboxylic acids is 1. The molecule has 1 saturated heterocycles. The maximum absolute atomic E-state index is 12.7. The van der Waals surface area contributed by atoms with Crippen molar-refractivity contribution < 1.29 is 14.7 Å². The molecule has 4 nitrogen and oxygen atoms in total. The first-order valence-electron chi connectivity index (χ1n) is 8.99. The minimum atomic E-state index is -0.742. The molecule has 0 amide bonds. The summed E-state index contributed by atoms with van der Waals surface area (Å²) in [4.78, 5) is 26.6. The van der Waals surface area contributed by atoms with Gasteiger partial charge in [0.05, 0.1) is 11.3 Å². The van der Waals surface area contributed by atoms with Gasteiger partial charge in [0, 0.05) is 31.6 Å². The maximum atomic E-state index is 12.7. The predicted octanol–water partition coefficient (Wildman–Crippen LogP) is 4.28. The van der Waals surface area contributed by atoms with Gasteiger partial charge in [-0.25, -0.2) is 0 Å². The fourth-order valence-corrected chi connectivity index (χ4v) is 4.81. The Morgan fingerprint density at radius 2 is 1.85 bits per heavy atom. The zero-order chi connectivity index (χ0) is 18.1. The second-order valence-corrected chi connectivity index (χ2v) is 7.80. The first-order chi connectivity index (χ1) is 12.6. The Labute approximate surface area is 168 Å². The molecule has 4 rings (SSSR count). The number of halogens is 1. The summed E-state index contributed by atoms with van der Waals surface area (Å²) in [5.41, 5.74) is 6.00. The van der Waals surface area contributed by atoms with E-state index in [0.29, 0.717) is 13.0 Å². The molecule has 0 bridgehead atoms. The third kappa shape index (κ3) is 4.00. The Kier molecular flexibility index (Phi) is 6.15. The van der Waals surface area contributed by atoms with Gasteiger partial charge in [0.25, 0.3) is 0 Å². The molecular weight excluding hydrogens is 382 g/mol. The number of hydrogen-bond donors (Lipinski definition) is 1. The largest absolute Gasteiger partial charge is 0.481 e. The molecule has 2 heterocycles. The lowest BCUT2D eigenvalue weighted by Crippen LogP contribution is -2.33. The van der Waals surface area contributed by atoms with Gasteiger partial charge in [-0.05, 0) is 41.0 Å². The van der Waals surface area contributed by atoms with Gasteiger partial charge in [-0.15, -0.1) is 23.7 Å². The average molecular weight is 404 g/mol. The van der Waals surface area contributed by atoms with Gasteiger partial charge >= 0.3 is 5.97 Å². The molecule has 0 radical (unpaired) electrons. The van der Waals surface area contributed by atoms with Crippen LogP contribution in [0.3, 0.4) is 0 Å². The Balaban J connectivity index is 0.00000210. The van der Waals surface area contributed by atoms with E-state index in [0.717, 1.165) is 41.9 Å². The molecule has 1 fully saturated rings. The van der Waals surface area contributed by atoms with Crippen LogP contribution < -0.4 is 0 Å². The van der Waals surface area contributed by atoms with E-state index in [1.807, 2.05) is 17.5 Å². The maximum Gasteiger partial charge on any atom is 0.304 e. The fraction of sp³-hybridized carbons (Fsp3) is 0.333. The molecule has 0 atom stereocenters. The summed E-state index contributed by atoms with van der Waals surface area (Å²) in [7, 11) is 0. The van der Waals surface area contributed by atoms with Gasteiger partial charge in [-0.3, -0.25) is 9.59 Å². The molecule has 142 valence electrons. The number of Topliss-reactive ketones (excluding diaryl/α,β-unsaturated/α-hetero) is 1. The number of carboxylic acid groups (broad SMARTS) is 1. The highest BCUT2D eigenvalue weighted by molar-refractivity contribution is 7.12. The normalized spacial score (nSPS) is 17.0. The van der Waals surface area contributed by atoms with E-state index in [1.165, 1.54) is 28.0 Å². The lowest BCUT2D eigenvalue weighted by atomic mass is 9.87. The molecule has 1 aliphatic carbocycles. The summed E-state index contributed by atoms with van der Waals surface area (Å²) in [5, 5.41) is 10.9. The minimum absolute atomic E-state index is 0. The molecule has 0 saturated carbocycles. The Bertz CT molecular complexity index is 892. The van der Waals surface area contributed by atoms with E-state index in [2.05, 4.69) is 23.1 Å². The molecule has 1 aromatic heterocycles. The van der Waals surface area contributed by atoms with Crippen molar-refractivity contribution >= 4 is 41.1 Å². The number of carbonyl (C=O) groups excluding carboxylic acids is 1. The predicted molar refractivity (Wildman–Crippen MR) is 110 cm³/mol.